The second-order valence-corrected chi connectivity index (χ2v) is 7.00. The molecule has 0 aliphatic rings. The number of aryl methyl sites for hydroxylation is 1. The van der Waals surface area contributed by atoms with Crippen LogP contribution in [0.15, 0.2) is 34.3 Å². The molecule has 0 amide bonds. The van der Waals surface area contributed by atoms with Crippen LogP contribution in [0.25, 0.3) is 10.8 Å². The highest BCUT2D eigenvalue weighted by molar-refractivity contribution is 7.99. The average Bonchev–Trinajstić information content (AvgIpc) is 2.31. The van der Waals surface area contributed by atoms with Crippen molar-refractivity contribution in [1.29, 1.82) is 0 Å². The first kappa shape index (κ1) is 13.4. The Labute approximate surface area is 112 Å². The second-order valence-electron chi connectivity index (χ2n) is 4.51. The Kier molecular flexibility index (Phi) is 3.20. The summed E-state index contributed by atoms with van der Waals surface area (Å²) < 4.78 is 12.0. The summed E-state index contributed by atoms with van der Waals surface area (Å²) in [5.74, 6) is 4.04. The van der Waals surface area contributed by atoms with Gasteiger partial charge >= 0.3 is 0 Å². The lowest BCUT2D eigenvalue weighted by Gasteiger charge is -2.08. The van der Waals surface area contributed by atoms with Crippen LogP contribution in [0.3, 0.4) is 0 Å². The molecule has 6 heteroatoms. The van der Waals surface area contributed by atoms with Gasteiger partial charge in [0.25, 0.3) is 0 Å². The van der Waals surface area contributed by atoms with E-state index in [0.29, 0.717) is 10.7 Å². The van der Waals surface area contributed by atoms with E-state index in [1.54, 1.807) is 18.5 Å². The van der Waals surface area contributed by atoms with Gasteiger partial charge in [0, 0.05) is 22.7 Å². The molecule has 0 radical (unpaired) electrons. The minimum absolute atomic E-state index is 0.0603. The van der Waals surface area contributed by atoms with Gasteiger partial charge in [-0.25, -0.2) is 4.98 Å². The first-order valence-electron chi connectivity index (χ1n) is 5.60. The molecule has 5 nitrogen and oxygen atoms in total. The Balaban J connectivity index is 2.85. The van der Waals surface area contributed by atoms with Crippen LogP contribution < -0.4 is 11.5 Å². The molecule has 1 unspecified atom stereocenters. The lowest BCUT2D eigenvalue weighted by atomic mass is 10.1. The van der Waals surface area contributed by atoms with Gasteiger partial charge in [-0.15, -0.1) is 0 Å². The number of rotatable bonds is 2. The molecule has 0 saturated carbocycles. The van der Waals surface area contributed by atoms with Crippen LogP contribution in [-0.2, 0) is 9.52 Å². The number of nitrogens with two attached hydrogens (primary N) is 2. The van der Waals surface area contributed by atoms with Crippen LogP contribution in [0.5, 0.6) is 0 Å². The number of guanidine groups is 1. The maximum absolute atomic E-state index is 12.0. The predicted molar refractivity (Wildman–Crippen MR) is 81.4 cm³/mol. The molecule has 0 spiro atoms. The van der Waals surface area contributed by atoms with E-state index in [4.69, 9.17) is 11.5 Å². The Morgan fingerprint density at radius 2 is 2.05 bits per heavy atom. The summed E-state index contributed by atoms with van der Waals surface area (Å²) in [6, 6.07) is 5.48. The van der Waals surface area contributed by atoms with Crippen LogP contribution in [0, 0.1) is 6.92 Å². The molecule has 2 rings (SSSR count). The van der Waals surface area contributed by atoms with Crippen molar-refractivity contribution in [2.24, 2.45) is 16.5 Å². The van der Waals surface area contributed by atoms with Crippen molar-refractivity contribution in [3.05, 3.63) is 30.0 Å². The molecule has 1 aromatic carbocycles. The quantitative estimate of drug-likeness (QED) is 0.489. The molecular formula is C13H16N4OS. The van der Waals surface area contributed by atoms with E-state index < -0.39 is 9.52 Å². The van der Waals surface area contributed by atoms with E-state index in [1.165, 1.54) is 0 Å². The third-order valence-corrected chi connectivity index (χ3v) is 4.02. The van der Waals surface area contributed by atoms with Gasteiger partial charge < -0.3 is 11.5 Å². The molecule has 1 heterocycles. The number of nitrogens with zero attached hydrogens (tertiary/aromatic N) is 2. The van der Waals surface area contributed by atoms with Gasteiger partial charge in [-0.2, -0.15) is 4.99 Å². The van der Waals surface area contributed by atoms with Crippen molar-refractivity contribution in [3.63, 3.8) is 0 Å². The second kappa shape index (κ2) is 4.55. The first-order chi connectivity index (χ1) is 8.79. The summed E-state index contributed by atoms with van der Waals surface area (Å²) in [5.41, 5.74) is 11.8. The highest BCUT2D eigenvalue weighted by atomic mass is 32.2. The summed E-state index contributed by atoms with van der Waals surface area (Å²) in [4.78, 5) is 8.86. The fraction of sp³-hybridized carbons (Fsp3) is 0.154. The third-order valence-electron chi connectivity index (χ3n) is 2.77. The van der Waals surface area contributed by atoms with Gasteiger partial charge in [0.2, 0.25) is 0 Å². The topological polar surface area (TPSA) is 94.4 Å². The molecule has 100 valence electrons. The number of hydrogen-bond acceptors (Lipinski definition) is 3. The minimum Gasteiger partial charge on any atom is -0.370 e. The summed E-state index contributed by atoms with van der Waals surface area (Å²) >= 11 is 0. The van der Waals surface area contributed by atoms with Crippen LogP contribution in [0.2, 0.25) is 0 Å². The Bertz CT molecular complexity index is 775. The molecule has 19 heavy (non-hydrogen) atoms. The van der Waals surface area contributed by atoms with E-state index in [-0.39, 0.29) is 5.96 Å². The SMILES string of the molecule is C=S(C)(=O)c1ccc2c(C)cnc(N=C(N)N)c2c1. The largest absolute Gasteiger partial charge is 0.370 e. The Morgan fingerprint density at radius 3 is 2.63 bits per heavy atom. The molecule has 4 N–H and O–H groups in total. The van der Waals surface area contributed by atoms with E-state index in [0.717, 1.165) is 16.3 Å². The molecule has 2 aromatic rings. The predicted octanol–water partition coefficient (Wildman–Crippen LogP) is 1.15. The number of benzene rings is 1. The smallest absolute Gasteiger partial charge is 0.192 e. The third kappa shape index (κ3) is 2.68. The lowest BCUT2D eigenvalue weighted by Crippen LogP contribution is -2.22. The Morgan fingerprint density at radius 1 is 1.37 bits per heavy atom. The summed E-state index contributed by atoms with van der Waals surface area (Å²) in [6.07, 6.45) is 3.30. The molecule has 0 aliphatic carbocycles. The number of aliphatic imine (C=N–C) groups is 1. The van der Waals surface area contributed by atoms with E-state index in [9.17, 15) is 4.21 Å². The van der Waals surface area contributed by atoms with Crippen molar-refractivity contribution in [2.75, 3.05) is 6.26 Å². The molecule has 1 aromatic heterocycles. The van der Waals surface area contributed by atoms with Gasteiger partial charge in [-0.3, -0.25) is 4.21 Å². The first-order valence-corrected chi connectivity index (χ1v) is 7.74. The van der Waals surface area contributed by atoms with Crippen LogP contribution in [-0.4, -0.2) is 27.3 Å². The zero-order chi connectivity index (χ0) is 14.2. The van der Waals surface area contributed by atoms with Gasteiger partial charge in [0.1, 0.15) is 0 Å². The Hall–Kier alpha value is -2.08. The van der Waals surface area contributed by atoms with E-state index >= 15 is 0 Å². The molecule has 0 aliphatic heterocycles. The maximum atomic E-state index is 12.0. The van der Waals surface area contributed by atoms with Crippen LogP contribution in [0.1, 0.15) is 5.56 Å². The number of pyridine rings is 1. The monoisotopic (exact) mass is 276 g/mol. The van der Waals surface area contributed by atoms with E-state index in [2.05, 4.69) is 15.8 Å². The molecule has 1 atom stereocenters. The average molecular weight is 276 g/mol. The van der Waals surface area contributed by atoms with Gasteiger partial charge in [-0.05, 0) is 45.4 Å². The molecule has 0 saturated heterocycles. The van der Waals surface area contributed by atoms with Crippen molar-refractivity contribution in [3.8, 4) is 0 Å². The van der Waals surface area contributed by atoms with Gasteiger partial charge in [-0.1, -0.05) is 6.07 Å². The summed E-state index contributed by atoms with van der Waals surface area (Å²) in [6.45, 7) is 1.95. The van der Waals surface area contributed by atoms with Crippen LogP contribution >= 0.6 is 0 Å². The fourth-order valence-corrected chi connectivity index (χ4v) is 2.55. The highest BCUT2D eigenvalue weighted by Crippen LogP contribution is 2.28. The summed E-state index contributed by atoms with van der Waals surface area (Å²) in [7, 11) is -2.29. The van der Waals surface area contributed by atoms with Crippen molar-refractivity contribution in [2.45, 2.75) is 11.8 Å². The lowest BCUT2D eigenvalue weighted by molar-refractivity contribution is 0.685. The van der Waals surface area contributed by atoms with Crippen molar-refractivity contribution in [1.82, 2.24) is 4.98 Å². The fourth-order valence-electron chi connectivity index (χ4n) is 1.83. The van der Waals surface area contributed by atoms with Crippen molar-refractivity contribution >= 4 is 37.9 Å². The summed E-state index contributed by atoms with van der Waals surface area (Å²) in [5, 5.41) is 1.74. The molecular weight excluding hydrogens is 260 g/mol. The van der Waals surface area contributed by atoms with Gasteiger partial charge in [0.15, 0.2) is 11.8 Å². The normalized spacial score (nSPS) is 14.0. The minimum atomic E-state index is -2.29. The van der Waals surface area contributed by atoms with Crippen LogP contribution in [0.4, 0.5) is 5.82 Å². The van der Waals surface area contributed by atoms with Gasteiger partial charge in [0.05, 0.1) is 0 Å². The zero-order valence-electron chi connectivity index (χ0n) is 10.9. The number of aromatic nitrogens is 1. The van der Waals surface area contributed by atoms with Crippen molar-refractivity contribution < 1.29 is 4.21 Å². The number of fused-ring (bicyclic) bond motifs is 1. The zero-order valence-corrected chi connectivity index (χ0v) is 11.7. The highest BCUT2D eigenvalue weighted by Gasteiger charge is 2.08. The maximum Gasteiger partial charge on any atom is 0.192 e. The van der Waals surface area contributed by atoms with E-state index in [1.807, 2.05) is 19.1 Å². The standard InChI is InChI=1S/C13H16N4OS/c1-8-7-16-12(17-13(14)15)11-6-9(19(2,3)18)4-5-10(8)11/h4-7H,2H2,1,3H3,(H4,14,15,16,17). The number of hydrogen-bond donors (Lipinski definition) is 2. The molecule has 0 fully saturated rings. The molecule has 0 bridgehead atoms.